The number of hydrogen-bond donors (Lipinski definition) is 3. The first-order valence-electron chi connectivity index (χ1n) is 15.1. The SMILES string of the molecule is CC(C)(C)Cn1cc(C(=O)N[C@@H](Cc2ccccc2)[C@H](O)CN[C@H]2CC3(CCCC3)Oc3c(F)cc(F)cc32)ccc1=O. The van der Waals surface area contributed by atoms with Crippen LogP contribution in [-0.4, -0.2) is 39.9 Å². The second-order valence-corrected chi connectivity index (χ2v) is 13.2. The van der Waals surface area contributed by atoms with Crippen molar-refractivity contribution in [3.05, 3.63) is 99.5 Å². The van der Waals surface area contributed by atoms with Gasteiger partial charge in [-0.25, -0.2) is 8.78 Å². The molecule has 2 heterocycles. The second-order valence-electron chi connectivity index (χ2n) is 13.2. The maximum atomic E-state index is 14.8. The van der Waals surface area contributed by atoms with Crippen LogP contribution in [-0.2, 0) is 13.0 Å². The molecule has 2 aromatic carbocycles. The van der Waals surface area contributed by atoms with Crippen LogP contribution in [0.1, 0.15) is 80.4 Å². The number of pyridine rings is 1. The van der Waals surface area contributed by atoms with E-state index >= 15 is 0 Å². The minimum atomic E-state index is -1.03. The van der Waals surface area contributed by atoms with E-state index < -0.39 is 41.3 Å². The van der Waals surface area contributed by atoms with Gasteiger partial charge in [-0.2, -0.15) is 0 Å². The fraction of sp³-hybridized carbons (Fsp3) is 0.471. The Morgan fingerprint density at radius 1 is 1.12 bits per heavy atom. The minimum absolute atomic E-state index is 0.0691. The Balaban J connectivity index is 1.36. The molecular weight excluding hydrogens is 552 g/mol. The highest BCUT2D eigenvalue weighted by atomic mass is 19.1. The molecule has 1 amide bonds. The zero-order valence-corrected chi connectivity index (χ0v) is 25.0. The van der Waals surface area contributed by atoms with E-state index in [1.807, 2.05) is 51.1 Å². The minimum Gasteiger partial charge on any atom is -0.484 e. The van der Waals surface area contributed by atoms with E-state index in [4.69, 9.17) is 4.74 Å². The monoisotopic (exact) mass is 593 g/mol. The van der Waals surface area contributed by atoms with Crippen LogP contribution in [0.15, 0.2) is 65.6 Å². The van der Waals surface area contributed by atoms with Gasteiger partial charge in [-0.05, 0) is 55.2 Å². The van der Waals surface area contributed by atoms with Gasteiger partial charge in [0, 0.05) is 49.4 Å². The average Bonchev–Trinajstić information content (AvgIpc) is 3.40. The molecule has 1 aliphatic heterocycles. The van der Waals surface area contributed by atoms with E-state index in [0.717, 1.165) is 37.3 Å². The molecule has 1 aromatic heterocycles. The summed E-state index contributed by atoms with van der Waals surface area (Å²) < 4.78 is 36.8. The van der Waals surface area contributed by atoms with Crippen LogP contribution in [0.2, 0.25) is 0 Å². The molecule has 0 bridgehead atoms. The quantitative estimate of drug-likeness (QED) is 0.313. The number of nitrogens with one attached hydrogen (secondary N) is 2. The summed E-state index contributed by atoms with van der Waals surface area (Å²) in [6, 6.07) is 13.4. The van der Waals surface area contributed by atoms with E-state index in [-0.39, 0.29) is 23.3 Å². The number of hydrogen-bond acceptors (Lipinski definition) is 5. The summed E-state index contributed by atoms with van der Waals surface area (Å²) in [5.74, 6) is -1.75. The summed E-state index contributed by atoms with van der Waals surface area (Å²) in [6.07, 6.45) is 4.92. The third-order valence-corrected chi connectivity index (χ3v) is 8.37. The van der Waals surface area contributed by atoms with E-state index in [1.165, 1.54) is 22.8 Å². The highest BCUT2D eigenvalue weighted by molar-refractivity contribution is 5.94. The van der Waals surface area contributed by atoms with Gasteiger partial charge in [0.25, 0.3) is 11.5 Å². The number of ether oxygens (including phenoxy) is 1. The third-order valence-electron chi connectivity index (χ3n) is 8.37. The molecule has 1 saturated carbocycles. The Bertz CT molecular complexity index is 1500. The molecule has 3 aromatic rings. The lowest BCUT2D eigenvalue weighted by atomic mass is 9.85. The van der Waals surface area contributed by atoms with Crippen molar-refractivity contribution in [1.82, 2.24) is 15.2 Å². The van der Waals surface area contributed by atoms with Crippen molar-refractivity contribution < 1.29 is 23.4 Å². The van der Waals surface area contributed by atoms with Gasteiger partial charge in [0.1, 0.15) is 11.4 Å². The number of rotatable bonds is 9. The normalized spacial score (nSPS) is 19.0. The first kappa shape index (κ1) is 30.9. The summed E-state index contributed by atoms with van der Waals surface area (Å²) in [7, 11) is 0. The molecule has 0 unspecified atom stereocenters. The number of aliphatic hydroxyl groups is 1. The van der Waals surface area contributed by atoms with Gasteiger partial charge in [0.05, 0.1) is 17.7 Å². The van der Waals surface area contributed by atoms with E-state index in [9.17, 15) is 23.5 Å². The number of aliphatic hydroxyl groups excluding tert-OH is 1. The van der Waals surface area contributed by atoms with E-state index in [0.29, 0.717) is 30.5 Å². The Morgan fingerprint density at radius 2 is 1.84 bits per heavy atom. The van der Waals surface area contributed by atoms with Gasteiger partial charge in [0.15, 0.2) is 11.6 Å². The van der Waals surface area contributed by atoms with Crippen LogP contribution in [0.3, 0.4) is 0 Å². The number of carbonyl (C=O) groups is 1. The van der Waals surface area contributed by atoms with Crippen LogP contribution in [0, 0.1) is 17.0 Å². The van der Waals surface area contributed by atoms with Crippen molar-refractivity contribution >= 4 is 5.91 Å². The van der Waals surface area contributed by atoms with Gasteiger partial charge >= 0.3 is 0 Å². The largest absolute Gasteiger partial charge is 0.484 e. The molecule has 3 atom stereocenters. The topological polar surface area (TPSA) is 92.6 Å². The van der Waals surface area contributed by atoms with Gasteiger partial charge in [0.2, 0.25) is 0 Å². The van der Waals surface area contributed by atoms with Crippen molar-refractivity contribution in [2.45, 2.75) is 89.6 Å². The summed E-state index contributed by atoms with van der Waals surface area (Å²) in [4.78, 5) is 25.9. The molecule has 5 rings (SSSR count). The molecule has 7 nitrogen and oxygen atoms in total. The summed E-state index contributed by atoms with van der Waals surface area (Å²) in [5.41, 5.74) is 0.752. The maximum absolute atomic E-state index is 14.8. The first-order valence-corrected chi connectivity index (χ1v) is 15.1. The molecule has 1 spiro atoms. The zero-order valence-electron chi connectivity index (χ0n) is 25.0. The highest BCUT2D eigenvalue weighted by Crippen LogP contribution is 2.48. The fourth-order valence-corrected chi connectivity index (χ4v) is 6.30. The molecule has 43 heavy (non-hydrogen) atoms. The Morgan fingerprint density at radius 3 is 2.53 bits per heavy atom. The number of benzene rings is 2. The molecular formula is C34H41F2N3O4. The van der Waals surface area contributed by atoms with Crippen molar-refractivity contribution in [2.24, 2.45) is 5.41 Å². The number of halogens is 2. The Hall–Kier alpha value is -3.56. The van der Waals surface area contributed by atoms with Gasteiger partial charge in [-0.1, -0.05) is 51.1 Å². The third kappa shape index (κ3) is 7.51. The van der Waals surface area contributed by atoms with Crippen LogP contribution < -0.4 is 20.9 Å². The number of fused-ring (bicyclic) bond motifs is 1. The van der Waals surface area contributed by atoms with Gasteiger partial charge in [-0.15, -0.1) is 0 Å². The lowest BCUT2D eigenvalue weighted by molar-refractivity contribution is 0.0282. The molecule has 9 heteroatoms. The van der Waals surface area contributed by atoms with Crippen molar-refractivity contribution in [1.29, 1.82) is 0 Å². The van der Waals surface area contributed by atoms with Crippen molar-refractivity contribution in [3.8, 4) is 5.75 Å². The number of nitrogens with zero attached hydrogens (tertiary/aromatic N) is 1. The molecule has 1 fully saturated rings. The molecule has 0 radical (unpaired) electrons. The smallest absolute Gasteiger partial charge is 0.253 e. The fourth-order valence-electron chi connectivity index (χ4n) is 6.30. The second kappa shape index (κ2) is 12.6. The number of aromatic nitrogens is 1. The zero-order chi connectivity index (χ0) is 30.8. The first-order chi connectivity index (χ1) is 20.4. The van der Waals surface area contributed by atoms with Gasteiger partial charge < -0.3 is 25.0 Å². The standard InChI is InChI=1S/C34H41F2N3O4/c1-33(2,3)21-39-20-23(11-12-30(39)41)32(42)38-27(15-22-9-5-4-6-10-22)29(40)19-37-28-18-34(13-7-8-14-34)43-31-25(28)16-24(35)17-26(31)36/h4-6,9-12,16-17,20,27-29,37,40H,7-8,13-15,18-19,21H2,1-3H3,(H,38,42)/t27-,28-,29+/m0/s1. The van der Waals surface area contributed by atoms with Crippen LogP contribution >= 0.6 is 0 Å². The van der Waals surface area contributed by atoms with Gasteiger partial charge in [-0.3, -0.25) is 9.59 Å². The van der Waals surface area contributed by atoms with Crippen LogP contribution in [0.5, 0.6) is 5.75 Å². The molecule has 1 aliphatic carbocycles. The summed E-state index contributed by atoms with van der Waals surface area (Å²) in [5, 5.41) is 17.8. The summed E-state index contributed by atoms with van der Waals surface area (Å²) in [6.45, 7) is 6.56. The predicted octanol–water partition coefficient (Wildman–Crippen LogP) is 5.30. The lowest BCUT2D eigenvalue weighted by Gasteiger charge is -2.41. The van der Waals surface area contributed by atoms with Crippen LogP contribution in [0.4, 0.5) is 8.78 Å². The predicted molar refractivity (Wildman–Crippen MR) is 161 cm³/mol. The van der Waals surface area contributed by atoms with E-state index in [2.05, 4.69) is 10.6 Å². The highest BCUT2D eigenvalue weighted by Gasteiger charge is 2.44. The van der Waals surface area contributed by atoms with Crippen molar-refractivity contribution in [3.63, 3.8) is 0 Å². The molecule has 230 valence electrons. The molecule has 2 aliphatic rings. The molecule has 3 N–H and O–H groups in total. The van der Waals surface area contributed by atoms with E-state index in [1.54, 1.807) is 6.20 Å². The number of amides is 1. The Labute approximate surface area is 251 Å². The average molecular weight is 594 g/mol. The maximum Gasteiger partial charge on any atom is 0.253 e. The lowest BCUT2D eigenvalue weighted by Crippen LogP contribution is -2.50. The summed E-state index contributed by atoms with van der Waals surface area (Å²) >= 11 is 0. The van der Waals surface area contributed by atoms with Crippen LogP contribution in [0.25, 0.3) is 0 Å². The molecule has 0 saturated heterocycles. The van der Waals surface area contributed by atoms with Crippen molar-refractivity contribution in [2.75, 3.05) is 6.54 Å². The Kier molecular flexibility index (Phi) is 9.04. The number of carbonyl (C=O) groups excluding carboxylic acids is 1.